The van der Waals surface area contributed by atoms with E-state index < -0.39 is 0 Å². The molecule has 1 aliphatic rings. The van der Waals surface area contributed by atoms with Crippen LogP contribution in [-0.4, -0.2) is 24.5 Å². The molecule has 3 heteroatoms. The highest BCUT2D eigenvalue weighted by Crippen LogP contribution is 2.19. The maximum absolute atomic E-state index is 5.77. The molecule has 2 rings (SSSR count). The Morgan fingerprint density at radius 3 is 2.89 bits per heavy atom. The largest absolute Gasteiger partial charge is 0.465 e. The third kappa shape index (κ3) is 3.47. The van der Waals surface area contributed by atoms with Crippen LogP contribution >= 0.6 is 0 Å². The molecular formula is C15H24N2O. The van der Waals surface area contributed by atoms with E-state index in [1.165, 1.54) is 17.6 Å². The number of nitrogens with one attached hydrogen (secondary N) is 1. The van der Waals surface area contributed by atoms with Gasteiger partial charge in [0.2, 0.25) is 0 Å². The number of hydrogen-bond donors (Lipinski definition) is 1. The van der Waals surface area contributed by atoms with Gasteiger partial charge in [-0.05, 0) is 32.9 Å². The summed E-state index contributed by atoms with van der Waals surface area (Å²) >= 11 is 0. The van der Waals surface area contributed by atoms with Crippen molar-refractivity contribution in [2.75, 3.05) is 19.6 Å². The van der Waals surface area contributed by atoms with Crippen LogP contribution in [0.3, 0.4) is 0 Å². The molecule has 0 spiro atoms. The van der Waals surface area contributed by atoms with Gasteiger partial charge >= 0.3 is 0 Å². The highest BCUT2D eigenvalue weighted by Gasteiger charge is 2.13. The Balaban J connectivity index is 1.94. The van der Waals surface area contributed by atoms with Gasteiger partial charge in [-0.2, -0.15) is 0 Å². The van der Waals surface area contributed by atoms with E-state index >= 15 is 0 Å². The summed E-state index contributed by atoms with van der Waals surface area (Å²) in [4.78, 5) is 2.47. The second-order valence-corrected chi connectivity index (χ2v) is 5.11. The van der Waals surface area contributed by atoms with Gasteiger partial charge in [-0.15, -0.1) is 0 Å². The molecule has 0 atom stereocenters. The molecule has 1 aromatic rings. The smallest absolute Gasteiger partial charge is 0.118 e. The molecule has 0 fully saturated rings. The number of furan rings is 1. The summed E-state index contributed by atoms with van der Waals surface area (Å²) in [7, 11) is 0. The summed E-state index contributed by atoms with van der Waals surface area (Å²) < 4.78 is 5.77. The molecular weight excluding hydrogens is 224 g/mol. The van der Waals surface area contributed by atoms with Gasteiger partial charge in [-0.1, -0.05) is 18.6 Å². The van der Waals surface area contributed by atoms with Crippen LogP contribution in [0.1, 0.15) is 37.4 Å². The summed E-state index contributed by atoms with van der Waals surface area (Å²) in [5, 5.41) is 3.30. The normalized spacial score (nSPS) is 16.9. The van der Waals surface area contributed by atoms with Crippen LogP contribution in [0.2, 0.25) is 0 Å². The number of nitrogens with zero attached hydrogens (tertiary/aromatic N) is 1. The average molecular weight is 248 g/mol. The molecule has 0 unspecified atom stereocenters. The quantitative estimate of drug-likeness (QED) is 0.812. The number of rotatable bonds is 5. The van der Waals surface area contributed by atoms with E-state index in [0.29, 0.717) is 0 Å². The van der Waals surface area contributed by atoms with Crippen LogP contribution in [0.5, 0.6) is 0 Å². The number of aryl methyl sites for hydroxylation is 1. The van der Waals surface area contributed by atoms with Crippen LogP contribution in [0.4, 0.5) is 0 Å². The Morgan fingerprint density at radius 1 is 1.39 bits per heavy atom. The van der Waals surface area contributed by atoms with E-state index in [9.17, 15) is 0 Å². The van der Waals surface area contributed by atoms with Gasteiger partial charge in [0.15, 0.2) is 0 Å². The summed E-state index contributed by atoms with van der Waals surface area (Å²) in [5.41, 5.74) is 2.85. The van der Waals surface area contributed by atoms with Crippen LogP contribution in [-0.2, 0) is 13.1 Å². The highest BCUT2D eigenvalue weighted by atomic mass is 16.3. The first-order chi connectivity index (χ1) is 8.69. The van der Waals surface area contributed by atoms with Crippen molar-refractivity contribution in [3.05, 3.63) is 34.8 Å². The number of hydrogen-bond acceptors (Lipinski definition) is 3. The predicted molar refractivity (Wildman–Crippen MR) is 74.5 cm³/mol. The fraction of sp³-hybridized carbons (Fsp3) is 0.600. The van der Waals surface area contributed by atoms with Gasteiger partial charge in [-0.25, -0.2) is 0 Å². The van der Waals surface area contributed by atoms with E-state index in [4.69, 9.17) is 4.42 Å². The Bertz CT molecular complexity index is 420. The fourth-order valence-electron chi connectivity index (χ4n) is 2.28. The topological polar surface area (TPSA) is 28.4 Å². The van der Waals surface area contributed by atoms with Crippen molar-refractivity contribution in [2.24, 2.45) is 0 Å². The van der Waals surface area contributed by atoms with Gasteiger partial charge < -0.3 is 9.73 Å². The van der Waals surface area contributed by atoms with Gasteiger partial charge in [-0.3, -0.25) is 4.90 Å². The van der Waals surface area contributed by atoms with Crippen molar-refractivity contribution in [1.29, 1.82) is 0 Å². The van der Waals surface area contributed by atoms with Gasteiger partial charge in [0.25, 0.3) is 0 Å². The average Bonchev–Trinajstić information content (AvgIpc) is 2.70. The lowest BCUT2D eigenvalue weighted by Crippen LogP contribution is -2.27. The van der Waals surface area contributed by atoms with Crippen molar-refractivity contribution in [2.45, 2.75) is 40.3 Å². The van der Waals surface area contributed by atoms with E-state index in [1.807, 2.05) is 0 Å². The van der Waals surface area contributed by atoms with Crippen molar-refractivity contribution in [3.63, 3.8) is 0 Å². The maximum atomic E-state index is 5.77. The van der Waals surface area contributed by atoms with E-state index in [2.05, 4.69) is 43.1 Å². The van der Waals surface area contributed by atoms with Crippen LogP contribution < -0.4 is 5.32 Å². The van der Waals surface area contributed by atoms with Crippen molar-refractivity contribution in [1.82, 2.24) is 10.2 Å². The van der Waals surface area contributed by atoms with Crippen molar-refractivity contribution >= 4 is 0 Å². The molecule has 18 heavy (non-hydrogen) atoms. The zero-order valence-electron chi connectivity index (χ0n) is 11.8. The lowest BCUT2D eigenvalue weighted by atomic mass is 10.1. The third-order valence-electron chi connectivity index (χ3n) is 3.54. The van der Waals surface area contributed by atoms with E-state index in [0.717, 1.165) is 44.2 Å². The lowest BCUT2D eigenvalue weighted by Gasteiger charge is -2.24. The minimum atomic E-state index is 0.830. The second kappa shape index (κ2) is 6.21. The molecule has 0 aliphatic carbocycles. The first kappa shape index (κ1) is 13.4. The molecule has 1 aliphatic heterocycles. The van der Waals surface area contributed by atoms with Crippen LogP contribution in [0.15, 0.2) is 22.1 Å². The summed E-state index contributed by atoms with van der Waals surface area (Å²) in [6.45, 7) is 11.4. The van der Waals surface area contributed by atoms with Crippen LogP contribution in [0.25, 0.3) is 0 Å². The summed E-state index contributed by atoms with van der Waals surface area (Å²) in [6.07, 6.45) is 3.53. The lowest BCUT2D eigenvalue weighted by molar-refractivity contribution is 0.284. The predicted octanol–water partition coefficient (Wildman–Crippen LogP) is 2.85. The first-order valence-electron chi connectivity index (χ1n) is 6.86. The zero-order chi connectivity index (χ0) is 13.0. The minimum Gasteiger partial charge on any atom is -0.465 e. The first-order valence-corrected chi connectivity index (χ1v) is 6.86. The van der Waals surface area contributed by atoms with E-state index in [1.54, 1.807) is 0 Å². The SMILES string of the molecule is CCNCc1cc(CN2CC=C(C)CC2)c(C)o1. The molecule has 0 saturated carbocycles. The van der Waals surface area contributed by atoms with Gasteiger partial charge in [0, 0.05) is 25.2 Å². The second-order valence-electron chi connectivity index (χ2n) is 5.11. The summed E-state index contributed by atoms with van der Waals surface area (Å²) in [6, 6.07) is 2.20. The molecule has 0 radical (unpaired) electrons. The van der Waals surface area contributed by atoms with Crippen molar-refractivity contribution < 1.29 is 4.42 Å². The molecule has 0 saturated heterocycles. The van der Waals surface area contributed by atoms with Crippen LogP contribution in [0, 0.1) is 6.92 Å². The standard InChI is InChI=1S/C15H24N2O/c1-4-16-10-15-9-14(13(3)18-15)11-17-7-5-12(2)6-8-17/h5,9,16H,4,6-8,10-11H2,1-3H3. The maximum Gasteiger partial charge on any atom is 0.118 e. The molecule has 1 aromatic heterocycles. The molecule has 3 nitrogen and oxygen atoms in total. The monoisotopic (exact) mass is 248 g/mol. The fourth-order valence-corrected chi connectivity index (χ4v) is 2.28. The highest BCUT2D eigenvalue weighted by molar-refractivity contribution is 5.21. The molecule has 0 amide bonds. The Labute approximate surface area is 110 Å². The molecule has 0 bridgehead atoms. The summed E-state index contributed by atoms with van der Waals surface area (Å²) in [5.74, 6) is 2.11. The van der Waals surface area contributed by atoms with Gasteiger partial charge in [0.05, 0.1) is 6.54 Å². The molecule has 0 aromatic carbocycles. The molecule has 2 heterocycles. The van der Waals surface area contributed by atoms with Crippen molar-refractivity contribution in [3.8, 4) is 0 Å². The molecule has 100 valence electrons. The third-order valence-corrected chi connectivity index (χ3v) is 3.54. The van der Waals surface area contributed by atoms with Gasteiger partial charge in [0.1, 0.15) is 11.5 Å². The van der Waals surface area contributed by atoms with E-state index in [-0.39, 0.29) is 0 Å². The minimum absolute atomic E-state index is 0.830. The Morgan fingerprint density at radius 2 is 2.22 bits per heavy atom. The zero-order valence-corrected chi connectivity index (χ0v) is 11.8. The molecule has 1 N–H and O–H groups in total. The Kier molecular flexibility index (Phi) is 4.61. The Hall–Kier alpha value is -1.06.